The molecule has 19 heteroatoms. The zero-order valence-corrected chi connectivity index (χ0v) is 36.7. The third kappa shape index (κ3) is 13.2. The van der Waals surface area contributed by atoms with Gasteiger partial charge in [-0.1, -0.05) is 70.4 Å². The van der Waals surface area contributed by atoms with Crippen LogP contribution < -0.4 is 21.3 Å². The van der Waals surface area contributed by atoms with Gasteiger partial charge < -0.3 is 35.8 Å². The lowest BCUT2D eigenvalue weighted by Crippen LogP contribution is -2.63. The molecule has 0 bridgehead atoms. The quantitative estimate of drug-likeness (QED) is 0.154. The molecule has 61 heavy (non-hydrogen) atoms. The molecule has 6 amide bonds. The first-order valence-corrected chi connectivity index (χ1v) is 22.3. The highest BCUT2D eigenvalue weighted by Crippen LogP contribution is 2.34. The van der Waals surface area contributed by atoms with Crippen molar-refractivity contribution in [3.63, 3.8) is 0 Å². The molecule has 1 saturated carbocycles. The van der Waals surface area contributed by atoms with Crippen LogP contribution in [0.25, 0.3) is 0 Å². The van der Waals surface area contributed by atoms with E-state index in [2.05, 4.69) is 27.8 Å². The van der Waals surface area contributed by atoms with E-state index >= 15 is 0 Å². The molecule has 0 aromatic heterocycles. The lowest BCUT2D eigenvalue weighted by Gasteiger charge is -2.41. The number of rotatable bonds is 14. The normalized spacial score (nSPS) is 20.3. The Morgan fingerprint density at radius 1 is 0.967 bits per heavy atom. The maximum Gasteiger partial charge on any atom is 0.410 e. The van der Waals surface area contributed by atoms with Crippen LogP contribution in [0.1, 0.15) is 104 Å². The molecular formula is C42H61F3N6O9S. The van der Waals surface area contributed by atoms with E-state index in [0.29, 0.717) is 38.6 Å². The molecule has 0 radical (unpaired) electrons. The summed E-state index contributed by atoms with van der Waals surface area (Å²) in [6.07, 6.45) is -4.65. The smallest absolute Gasteiger partial charge is 0.410 e. The van der Waals surface area contributed by atoms with E-state index in [-0.39, 0.29) is 31.8 Å². The number of nitrogens with one attached hydrogen (secondary N) is 4. The molecule has 2 fully saturated rings. The Kier molecular flexibility index (Phi) is 15.7. The lowest BCUT2D eigenvalue weighted by atomic mass is 9.83. The summed E-state index contributed by atoms with van der Waals surface area (Å²) in [5, 5.41) is 10.1. The van der Waals surface area contributed by atoms with Gasteiger partial charge in [0, 0.05) is 32.5 Å². The van der Waals surface area contributed by atoms with Crippen molar-refractivity contribution in [3.05, 3.63) is 48.0 Å². The number of nitrogens with zero attached hydrogens (tertiary/aromatic N) is 2. The molecule has 2 heterocycles. The highest BCUT2D eigenvalue weighted by atomic mass is 32.2. The molecule has 2 unspecified atom stereocenters. The highest BCUT2D eigenvalue weighted by molar-refractivity contribution is 7.92. The van der Waals surface area contributed by atoms with Gasteiger partial charge in [0.1, 0.15) is 18.2 Å². The number of alkyl halides is 3. The fraction of sp³-hybridized carbons (Fsp3) is 0.667. The number of benzene rings is 1. The van der Waals surface area contributed by atoms with Crippen LogP contribution in [0.3, 0.4) is 0 Å². The SMILES string of the molecule is C=CCNC(=O)C(=O)C(CCC(F)(F)F)NC(=O)[C@@H]1CC(OC(=O)N2CCc3ccccc3C2)CN1C(=O)[C@@H](NC(=O)NC1(CS(=O)(=O)C(C)(C)C)CCCCC1)C(C)(C)C. The van der Waals surface area contributed by atoms with Gasteiger partial charge in [-0.05, 0) is 63.0 Å². The summed E-state index contributed by atoms with van der Waals surface area (Å²) >= 11 is 0. The Labute approximate surface area is 356 Å². The van der Waals surface area contributed by atoms with Gasteiger partial charge in [-0.3, -0.25) is 19.2 Å². The average molecular weight is 883 g/mol. The maximum atomic E-state index is 14.7. The standard InChI is InChI=1S/C42H61F3N6O9S/c1-8-21-46-35(54)32(52)30(16-20-42(43,44)45)47-34(53)31-23-29(60-38(57)50-22-17-27-14-10-11-15-28(27)24-50)25-51(31)36(55)33(39(2,3)4)48-37(56)49-41(18-12-9-13-19-41)26-61(58,59)40(5,6)7/h8,10-11,14-15,29-31,33H,1,9,12-13,16-26H2,2-7H3,(H,46,54)(H,47,53)(H2,48,49,56)/t29?,30?,31-,33+/m0/s1. The fourth-order valence-electron chi connectivity index (χ4n) is 7.84. The van der Waals surface area contributed by atoms with Gasteiger partial charge in [-0.2, -0.15) is 13.2 Å². The first-order valence-electron chi connectivity index (χ1n) is 20.7. The summed E-state index contributed by atoms with van der Waals surface area (Å²) in [7, 11) is -3.71. The largest absolute Gasteiger partial charge is 0.444 e. The molecule has 1 saturated heterocycles. The molecule has 3 aliphatic rings. The van der Waals surface area contributed by atoms with Gasteiger partial charge in [0.15, 0.2) is 9.84 Å². The van der Waals surface area contributed by atoms with Gasteiger partial charge in [-0.15, -0.1) is 6.58 Å². The van der Waals surface area contributed by atoms with E-state index in [4.69, 9.17) is 4.74 Å². The van der Waals surface area contributed by atoms with Crippen LogP contribution in [0.2, 0.25) is 0 Å². The predicted molar refractivity (Wildman–Crippen MR) is 221 cm³/mol. The number of hydrogen-bond acceptors (Lipinski definition) is 9. The molecule has 0 spiro atoms. The fourth-order valence-corrected chi connectivity index (χ4v) is 9.36. The molecule has 340 valence electrons. The number of carbonyl (C=O) groups is 6. The van der Waals surface area contributed by atoms with Crippen LogP contribution in [0.5, 0.6) is 0 Å². The summed E-state index contributed by atoms with van der Waals surface area (Å²) in [5.74, 6) is -4.82. The van der Waals surface area contributed by atoms with Crippen LogP contribution in [0.4, 0.5) is 22.8 Å². The number of ketones is 1. The number of Topliss-reactive ketones (excluding diaryl/α,β-unsaturated/α-hetero) is 1. The number of halogens is 3. The van der Waals surface area contributed by atoms with Crippen LogP contribution >= 0.6 is 0 Å². The van der Waals surface area contributed by atoms with E-state index in [1.165, 1.54) is 11.0 Å². The number of carbonyl (C=O) groups excluding carboxylic acids is 6. The number of ether oxygens (including phenoxy) is 1. The van der Waals surface area contributed by atoms with Crippen molar-refractivity contribution in [2.45, 2.75) is 147 Å². The zero-order chi connectivity index (χ0) is 45.6. The second-order valence-corrected chi connectivity index (χ2v) is 21.1. The maximum absolute atomic E-state index is 14.7. The molecule has 1 aromatic carbocycles. The van der Waals surface area contributed by atoms with E-state index in [1.807, 2.05) is 24.3 Å². The lowest BCUT2D eigenvalue weighted by molar-refractivity contribution is -0.147. The van der Waals surface area contributed by atoms with Crippen molar-refractivity contribution in [1.29, 1.82) is 0 Å². The summed E-state index contributed by atoms with van der Waals surface area (Å²) in [6, 6.07) is 1.92. The predicted octanol–water partition coefficient (Wildman–Crippen LogP) is 4.48. The minimum absolute atomic E-state index is 0.173. The van der Waals surface area contributed by atoms with Crippen molar-refractivity contribution in [2.24, 2.45) is 5.41 Å². The Morgan fingerprint density at radius 3 is 2.20 bits per heavy atom. The number of urea groups is 1. The molecule has 4 N–H and O–H groups in total. The van der Waals surface area contributed by atoms with Crippen LogP contribution in [-0.4, -0.2) is 120 Å². The Hall–Kier alpha value is -4.68. The van der Waals surface area contributed by atoms with Gasteiger partial charge >= 0.3 is 18.3 Å². The monoisotopic (exact) mass is 882 g/mol. The first kappa shape index (κ1) is 49.0. The van der Waals surface area contributed by atoms with Gasteiger partial charge in [0.25, 0.3) is 5.91 Å². The second kappa shape index (κ2) is 19.6. The molecule has 4 atom stereocenters. The summed E-state index contributed by atoms with van der Waals surface area (Å²) in [6.45, 7) is 13.2. The van der Waals surface area contributed by atoms with Gasteiger partial charge in [0.05, 0.1) is 28.6 Å². The van der Waals surface area contributed by atoms with Crippen LogP contribution in [-0.2, 0) is 46.7 Å². The second-order valence-electron chi connectivity index (χ2n) is 18.4. The zero-order valence-electron chi connectivity index (χ0n) is 35.9. The minimum atomic E-state index is -4.75. The Bertz CT molecular complexity index is 1920. The number of fused-ring (bicyclic) bond motifs is 1. The summed E-state index contributed by atoms with van der Waals surface area (Å²) < 4.78 is 71.8. The molecule has 1 aliphatic carbocycles. The molecule has 15 nitrogen and oxygen atoms in total. The number of likely N-dealkylation sites (tertiary alicyclic amines) is 1. The molecule has 1 aromatic rings. The van der Waals surface area contributed by atoms with E-state index < -0.39 is 104 Å². The number of amides is 6. The number of sulfone groups is 1. The van der Waals surface area contributed by atoms with Crippen molar-refractivity contribution in [3.8, 4) is 0 Å². The minimum Gasteiger partial charge on any atom is -0.444 e. The van der Waals surface area contributed by atoms with Crippen molar-refractivity contribution >= 4 is 45.5 Å². The third-order valence-corrected chi connectivity index (χ3v) is 14.3. The number of hydrogen-bond donors (Lipinski definition) is 4. The van der Waals surface area contributed by atoms with Crippen LogP contribution in [0.15, 0.2) is 36.9 Å². The van der Waals surface area contributed by atoms with Gasteiger partial charge in [-0.25, -0.2) is 18.0 Å². The average Bonchev–Trinajstić information content (AvgIpc) is 3.59. The molecular weight excluding hydrogens is 822 g/mol. The topological polar surface area (TPSA) is 200 Å². The van der Waals surface area contributed by atoms with Crippen LogP contribution in [0, 0.1) is 5.41 Å². The van der Waals surface area contributed by atoms with Crippen molar-refractivity contribution < 1.29 is 55.1 Å². The van der Waals surface area contributed by atoms with E-state index in [0.717, 1.165) is 22.4 Å². The third-order valence-electron chi connectivity index (χ3n) is 11.5. The Balaban J connectivity index is 1.63. The van der Waals surface area contributed by atoms with E-state index in [9.17, 15) is 50.4 Å². The Morgan fingerprint density at radius 2 is 1.61 bits per heavy atom. The van der Waals surface area contributed by atoms with Crippen molar-refractivity contribution in [2.75, 3.05) is 25.4 Å². The summed E-state index contributed by atoms with van der Waals surface area (Å²) in [4.78, 5) is 84.5. The molecule has 2 aliphatic heterocycles. The van der Waals surface area contributed by atoms with E-state index in [1.54, 1.807) is 41.5 Å². The molecule has 4 rings (SSSR count). The van der Waals surface area contributed by atoms with Gasteiger partial charge in [0.2, 0.25) is 17.6 Å². The highest BCUT2D eigenvalue weighted by Gasteiger charge is 2.49. The first-order chi connectivity index (χ1) is 28.3. The van der Waals surface area contributed by atoms with Crippen molar-refractivity contribution in [1.82, 2.24) is 31.1 Å². The summed E-state index contributed by atoms with van der Waals surface area (Å²) in [5.41, 5.74) is -0.179.